The highest BCUT2D eigenvalue weighted by atomic mass is 32.2. The topological polar surface area (TPSA) is 194 Å². The molecule has 0 bridgehead atoms. The summed E-state index contributed by atoms with van der Waals surface area (Å²) in [5.74, 6) is -1.22. The molecule has 0 amide bonds. The first-order valence-corrected chi connectivity index (χ1v) is 22.3. The molecule has 0 radical (unpaired) electrons. The maximum atomic E-state index is 13.9. The van der Waals surface area contributed by atoms with Crippen molar-refractivity contribution in [3.05, 3.63) is 168 Å². The van der Waals surface area contributed by atoms with Crippen LogP contribution in [-0.2, 0) is 37.3 Å². The SMILES string of the molecule is CCn1cc([C@@H]2O[C@@H](n3cnc4c(NCC(c5ccccc5)c5ccccc5)nc(CNS(=O)(=O)CC(C)C)nc43)[C@H](OC(=O)c3ccccc3)[C@@H]2OC(=O)c2ccccc2)nn1. The summed E-state index contributed by atoms with van der Waals surface area (Å²) in [6, 6.07) is 37.0. The molecule has 324 valence electrons. The second-order valence-electron chi connectivity index (χ2n) is 15.5. The molecule has 0 aliphatic carbocycles. The van der Waals surface area contributed by atoms with Gasteiger partial charge in [-0.1, -0.05) is 116 Å². The zero-order valence-corrected chi connectivity index (χ0v) is 35.7. The van der Waals surface area contributed by atoms with Gasteiger partial charge in [0.15, 0.2) is 35.4 Å². The molecular weight excluding hydrogens is 823 g/mol. The quantitative estimate of drug-likeness (QED) is 0.0946. The molecule has 1 aliphatic heterocycles. The number of carbonyl (C=O) groups excluding carboxylic acids is 2. The minimum absolute atomic E-state index is 0.0916. The molecule has 4 aromatic carbocycles. The summed E-state index contributed by atoms with van der Waals surface area (Å²) in [6.07, 6.45) is -1.65. The number of rotatable bonds is 17. The van der Waals surface area contributed by atoms with Gasteiger partial charge in [0.25, 0.3) is 0 Å². The highest BCUT2D eigenvalue weighted by Crippen LogP contribution is 2.43. The van der Waals surface area contributed by atoms with E-state index in [0.717, 1.165) is 11.1 Å². The van der Waals surface area contributed by atoms with Crippen LogP contribution in [0.3, 0.4) is 0 Å². The van der Waals surface area contributed by atoms with Crippen LogP contribution in [0.5, 0.6) is 0 Å². The summed E-state index contributed by atoms with van der Waals surface area (Å²) in [4.78, 5) is 42.2. The Morgan fingerprint density at radius 3 is 1.92 bits per heavy atom. The average Bonchev–Trinajstić information content (AvgIpc) is 4.04. The molecule has 8 rings (SSSR count). The number of imidazole rings is 1. The molecule has 1 saturated heterocycles. The van der Waals surface area contributed by atoms with Gasteiger partial charge in [0.1, 0.15) is 17.6 Å². The number of aromatic nitrogens is 7. The molecule has 3 aromatic heterocycles. The Labute approximate surface area is 364 Å². The number of sulfonamides is 1. The summed E-state index contributed by atoms with van der Waals surface area (Å²) >= 11 is 0. The van der Waals surface area contributed by atoms with Crippen molar-refractivity contribution in [2.75, 3.05) is 17.6 Å². The number of esters is 2. The van der Waals surface area contributed by atoms with E-state index in [0.29, 0.717) is 30.1 Å². The number of nitrogens with one attached hydrogen (secondary N) is 2. The van der Waals surface area contributed by atoms with E-state index in [1.165, 1.54) is 6.33 Å². The van der Waals surface area contributed by atoms with E-state index in [1.54, 1.807) is 76.1 Å². The van der Waals surface area contributed by atoms with Gasteiger partial charge in [0.2, 0.25) is 10.0 Å². The van der Waals surface area contributed by atoms with E-state index in [4.69, 9.17) is 29.2 Å². The van der Waals surface area contributed by atoms with Crippen LogP contribution in [0.15, 0.2) is 134 Å². The van der Waals surface area contributed by atoms with Gasteiger partial charge >= 0.3 is 11.9 Å². The van der Waals surface area contributed by atoms with Crippen LogP contribution in [0.4, 0.5) is 5.82 Å². The van der Waals surface area contributed by atoms with E-state index in [1.807, 2.05) is 57.2 Å². The molecule has 63 heavy (non-hydrogen) atoms. The van der Waals surface area contributed by atoms with Crippen LogP contribution in [0.2, 0.25) is 0 Å². The van der Waals surface area contributed by atoms with Crippen LogP contribution in [0.25, 0.3) is 11.2 Å². The van der Waals surface area contributed by atoms with Gasteiger partial charge in [-0.05, 0) is 48.2 Å². The Morgan fingerprint density at radius 1 is 0.794 bits per heavy atom. The molecule has 1 fully saturated rings. The minimum Gasteiger partial charge on any atom is -0.451 e. The Balaban J connectivity index is 1.23. The number of hydrogen-bond donors (Lipinski definition) is 2. The maximum absolute atomic E-state index is 13.9. The predicted molar refractivity (Wildman–Crippen MR) is 234 cm³/mol. The third-order valence-electron chi connectivity index (χ3n) is 10.5. The highest BCUT2D eigenvalue weighted by Gasteiger charge is 2.53. The van der Waals surface area contributed by atoms with Crippen molar-refractivity contribution in [1.29, 1.82) is 0 Å². The van der Waals surface area contributed by atoms with Crippen molar-refractivity contribution in [2.24, 2.45) is 5.92 Å². The van der Waals surface area contributed by atoms with Gasteiger partial charge in [-0.25, -0.2) is 37.7 Å². The third-order valence-corrected chi connectivity index (χ3v) is 12.2. The molecule has 4 heterocycles. The molecular formula is C46H47N9O7S. The molecule has 7 aromatic rings. The summed E-state index contributed by atoms with van der Waals surface area (Å²) in [7, 11) is -3.70. The zero-order chi connectivity index (χ0) is 43.9. The van der Waals surface area contributed by atoms with Crippen LogP contribution in [-0.4, -0.2) is 79.4 Å². The summed E-state index contributed by atoms with van der Waals surface area (Å²) in [6.45, 7) is 6.20. The number of nitrogens with zero attached hydrogens (tertiary/aromatic N) is 7. The third kappa shape index (κ3) is 9.96. The lowest BCUT2D eigenvalue weighted by Crippen LogP contribution is -2.37. The molecule has 1 aliphatic rings. The molecule has 0 spiro atoms. The van der Waals surface area contributed by atoms with Gasteiger partial charge in [0.05, 0.1) is 35.9 Å². The fraction of sp³-hybridized carbons (Fsp3) is 0.283. The normalized spacial score (nSPS) is 17.6. The smallest absolute Gasteiger partial charge is 0.338 e. The monoisotopic (exact) mass is 869 g/mol. The molecule has 17 heteroatoms. The van der Waals surface area contributed by atoms with Crippen molar-refractivity contribution in [3.63, 3.8) is 0 Å². The number of carbonyl (C=O) groups is 2. The Hall–Kier alpha value is -6.82. The Kier molecular flexibility index (Phi) is 13.0. The lowest BCUT2D eigenvalue weighted by molar-refractivity contribution is -0.0494. The van der Waals surface area contributed by atoms with Crippen LogP contribution >= 0.6 is 0 Å². The van der Waals surface area contributed by atoms with Crippen LogP contribution < -0.4 is 10.0 Å². The van der Waals surface area contributed by atoms with E-state index in [9.17, 15) is 18.0 Å². The lowest BCUT2D eigenvalue weighted by Gasteiger charge is -2.24. The summed E-state index contributed by atoms with van der Waals surface area (Å²) < 4.78 is 51.3. The summed E-state index contributed by atoms with van der Waals surface area (Å²) in [5, 5.41) is 12.1. The Bertz CT molecular complexity index is 2710. The van der Waals surface area contributed by atoms with E-state index >= 15 is 0 Å². The fourth-order valence-electron chi connectivity index (χ4n) is 7.51. The van der Waals surface area contributed by atoms with E-state index in [-0.39, 0.29) is 46.7 Å². The number of fused-ring (bicyclic) bond motifs is 1. The average molecular weight is 870 g/mol. The largest absolute Gasteiger partial charge is 0.451 e. The van der Waals surface area contributed by atoms with Crippen molar-refractivity contribution in [1.82, 2.24) is 39.2 Å². The van der Waals surface area contributed by atoms with Gasteiger partial charge in [-0.3, -0.25) is 9.25 Å². The lowest BCUT2D eigenvalue weighted by atomic mass is 9.91. The minimum atomic E-state index is -3.70. The fourth-order valence-corrected chi connectivity index (χ4v) is 8.85. The second kappa shape index (κ2) is 19.1. The molecule has 16 nitrogen and oxygen atoms in total. The predicted octanol–water partition coefficient (Wildman–Crippen LogP) is 6.48. The number of hydrogen-bond acceptors (Lipinski definition) is 13. The van der Waals surface area contributed by atoms with Crippen molar-refractivity contribution in [3.8, 4) is 0 Å². The van der Waals surface area contributed by atoms with E-state index in [2.05, 4.69) is 44.6 Å². The van der Waals surface area contributed by atoms with E-state index < -0.39 is 46.5 Å². The molecule has 2 N–H and O–H groups in total. The number of anilines is 1. The van der Waals surface area contributed by atoms with Crippen molar-refractivity contribution < 1.29 is 32.2 Å². The number of ether oxygens (including phenoxy) is 3. The van der Waals surface area contributed by atoms with Gasteiger partial charge < -0.3 is 19.5 Å². The van der Waals surface area contributed by atoms with Crippen molar-refractivity contribution in [2.45, 2.75) is 64.3 Å². The number of benzene rings is 4. The molecule has 0 saturated carbocycles. The second-order valence-corrected chi connectivity index (χ2v) is 17.3. The van der Waals surface area contributed by atoms with Crippen LogP contribution in [0.1, 0.15) is 82.4 Å². The first-order valence-electron chi connectivity index (χ1n) is 20.7. The molecule has 4 atom stereocenters. The molecule has 0 unspecified atom stereocenters. The standard InChI is InChI=1S/C46H47N9O7S/c1-4-54-27-36(52-53-54)39-40(61-45(56)33-21-13-7-14-22-33)41(62-46(57)34-23-15-8-16-24-34)44(60-39)55-29-48-38-42(50-37(51-43(38)55)26-49-63(58,59)28-30(2)3)47-25-35(31-17-9-5-10-18-31)32-19-11-6-12-20-32/h5-24,27,29-30,35,39-41,44,49H,4,25-26,28H2,1-3H3,(H,47,50,51)/t39-,40+,41+,44+/m0/s1. The highest BCUT2D eigenvalue weighted by molar-refractivity contribution is 7.89. The van der Waals surface area contributed by atoms with Crippen LogP contribution in [0, 0.1) is 5.92 Å². The van der Waals surface area contributed by atoms with Crippen molar-refractivity contribution >= 4 is 38.9 Å². The number of aryl methyl sites for hydroxylation is 1. The Morgan fingerprint density at radius 2 is 1.37 bits per heavy atom. The maximum Gasteiger partial charge on any atom is 0.338 e. The summed E-state index contributed by atoms with van der Waals surface area (Å²) in [5.41, 5.74) is 3.57. The first-order chi connectivity index (χ1) is 30.6. The van der Waals surface area contributed by atoms with Gasteiger partial charge in [-0.2, -0.15) is 0 Å². The van der Waals surface area contributed by atoms with Gasteiger partial charge in [0, 0.05) is 19.0 Å². The first kappa shape index (κ1) is 42.9. The zero-order valence-electron chi connectivity index (χ0n) is 34.9. The van der Waals surface area contributed by atoms with Gasteiger partial charge in [-0.15, -0.1) is 5.10 Å².